The van der Waals surface area contributed by atoms with Crippen molar-refractivity contribution in [3.05, 3.63) is 77.5 Å². The Bertz CT molecular complexity index is 984. The lowest BCUT2D eigenvalue weighted by atomic mass is 9.89. The van der Waals surface area contributed by atoms with E-state index in [-0.39, 0.29) is 23.7 Å². The average molecular weight is 374 g/mol. The average Bonchev–Trinajstić information content (AvgIpc) is 3.17. The normalized spacial score (nSPS) is 19.5. The van der Waals surface area contributed by atoms with E-state index in [4.69, 9.17) is 10.7 Å². The van der Waals surface area contributed by atoms with Gasteiger partial charge in [0.05, 0.1) is 11.1 Å². The number of nitrogens with two attached hydrogens (primary N) is 1. The molecule has 2 aromatic carbocycles. The molecule has 4 heteroatoms. The van der Waals surface area contributed by atoms with Crippen LogP contribution in [0.15, 0.2) is 60.7 Å². The molecule has 1 fully saturated rings. The Kier molecular flexibility index (Phi) is 5.14. The molecule has 1 saturated heterocycles. The molecule has 3 aromatic rings. The van der Waals surface area contributed by atoms with Crippen molar-refractivity contribution in [1.29, 1.82) is 0 Å². The summed E-state index contributed by atoms with van der Waals surface area (Å²) < 4.78 is 0. The molecule has 1 aliphatic rings. The first-order chi connectivity index (χ1) is 13.6. The third-order valence-corrected chi connectivity index (χ3v) is 5.82. The first-order valence-electron chi connectivity index (χ1n) is 10.0. The molecule has 1 aliphatic heterocycles. The number of nitrogens with zero attached hydrogens (tertiary/aromatic N) is 2. The summed E-state index contributed by atoms with van der Waals surface area (Å²) in [4.78, 5) is 20.3. The quantitative estimate of drug-likeness (QED) is 0.747. The molecule has 1 amide bonds. The highest BCUT2D eigenvalue weighted by atomic mass is 16.2. The van der Waals surface area contributed by atoms with E-state index in [1.54, 1.807) is 0 Å². The van der Waals surface area contributed by atoms with Gasteiger partial charge >= 0.3 is 0 Å². The van der Waals surface area contributed by atoms with Crippen LogP contribution in [0.3, 0.4) is 0 Å². The van der Waals surface area contributed by atoms with Crippen molar-refractivity contribution < 1.29 is 4.79 Å². The summed E-state index contributed by atoms with van der Waals surface area (Å²) >= 11 is 0. The molecule has 2 N–H and O–H groups in total. The van der Waals surface area contributed by atoms with Crippen molar-refractivity contribution in [3.8, 4) is 0 Å². The molecule has 144 valence electrons. The Labute approximate surface area is 166 Å². The number of carbonyl (C=O) groups excluding carboxylic acids is 1. The van der Waals surface area contributed by atoms with Crippen molar-refractivity contribution in [3.63, 3.8) is 0 Å². The number of hydrogen-bond donors (Lipinski definition) is 1. The second kappa shape index (κ2) is 7.72. The van der Waals surface area contributed by atoms with Crippen molar-refractivity contribution in [2.75, 3.05) is 19.6 Å². The predicted molar refractivity (Wildman–Crippen MR) is 113 cm³/mol. The van der Waals surface area contributed by atoms with Crippen LogP contribution in [0.25, 0.3) is 10.9 Å². The molecule has 2 atom stereocenters. The number of benzene rings is 2. The van der Waals surface area contributed by atoms with E-state index in [1.807, 2.05) is 41.3 Å². The maximum Gasteiger partial charge on any atom is 0.254 e. The molecule has 1 aromatic heterocycles. The van der Waals surface area contributed by atoms with E-state index in [1.165, 1.54) is 5.56 Å². The van der Waals surface area contributed by atoms with Gasteiger partial charge in [0.2, 0.25) is 0 Å². The zero-order valence-corrected chi connectivity index (χ0v) is 16.5. The van der Waals surface area contributed by atoms with Crippen LogP contribution in [0.5, 0.6) is 0 Å². The van der Waals surface area contributed by atoms with Gasteiger partial charge in [-0.25, -0.2) is 0 Å². The van der Waals surface area contributed by atoms with E-state index in [0.717, 1.165) is 22.2 Å². The van der Waals surface area contributed by atoms with Gasteiger partial charge < -0.3 is 10.6 Å². The van der Waals surface area contributed by atoms with Gasteiger partial charge in [-0.15, -0.1) is 0 Å². The third kappa shape index (κ3) is 3.40. The lowest BCUT2D eigenvalue weighted by Crippen LogP contribution is -2.30. The summed E-state index contributed by atoms with van der Waals surface area (Å²) in [5.41, 5.74) is 9.91. The Hall–Kier alpha value is -2.72. The van der Waals surface area contributed by atoms with E-state index >= 15 is 0 Å². The van der Waals surface area contributed by atoms with Gasteiger partial charge in [-0.3, -0.25) is 9.78 Å². The molecular formula is C24H27N3O. The number of amides is 1. The zero-order valence-electron chi connectivity index (χ0n) is 16.5. The second-order valence-corrected chi connectivity index (χ2v) is 7.99. The Balaban J connectivity index is 1.70. The third-order valence-electron chi connectivity index (χ3n) is 5.82. The van der Waals surface area contributed by atoms with Gasteiger partial charge in [-0.2, -0.15) is 0 Å². The van der Waals surface area contributed by atoms with Crippen LogP contribution in [0.4, 0.5) is 0 Å². The highest BCUT2D eigenvalue weighted by molar-refractivity contribution is 6.06. The summed E-state index contributed by atoms with van der Waals surface area (Å²) in [5.74, 6) is 0.915. The maximum atomic E-state index is 13.5. The zero-order chi connectivity index (χ0) is 19.7. The lowest BCUT2D eigenvalue weighted by molar-refractivity contribution is 0.0788. The van der Waals surface area contributed by atoms with Crippen LogP contribution >= 0.6 is 0 Å². The van der Waals surface area contributed by atoms with Crippen molar-refractivity contribution in [2.24, 2.45) is 11.7 Å². The molecule has 4 rings (SSSR count). The van der Waals surface area contributed by atoms with Gasteiger partial charge in [0.15, 0.2) is 0 Å². The molecule has 0 spiro atoms. The topological polar surface area (TPSA) is 59.2 Å². The standard InChI is InChI=1S/C24H27N3O/c1-16(2)23-12-20(19-10-6-7-11-22(19)26-23)24(28)27-14-18(13-25)21(15-27)17-8-4-3-5-9-17/h3-12,16,18,21H,13-15,25H2,1-2H3/t18-,21+/m1/s1. The van der Waals surface area contributed by atoms with Gasteiger partial charge in [0, 0.05) is 30.1 Å². The minimum absolute atomic E-state index is 0.0809. The van der Waals surface area contributed by atoms with Crippen LogP contribution in [0.2, 0.25) is 0 Å². The van der Waals surface area contributed by atoms with Crippen molar-refractivity contribution in [1.82, 2.24) is 9.88 Å². The second-order valence-electron chi connectivity index (χ2n) is 7.99. The van der Waals surface area contributed by atoms with Crippen LogP contribution < -0.4 is 5.73 Å². The first-order valence-corrected chi connectivity index (χ1v) is 10.0. The summed E-state index contributed by atoms with van der Waals surface area (Å²) in [6.45, 7) is 6.20. The van der Waals surface area contributed by atoms with E-state index < -0.39 is 0 Å². The number of hydrogen-bond acceptors (Lipinski definition) is 3. The fraction of sp³-hybridized carbons (Fsp3) is 0.333. The number of para-hydroxylation sites is 1. The summed E-state index contributed by atoms with van der Waals surface area (Å²) in [6, 6.07) is 20.3. The molecule has 0 unspecified atom stereocenters. The molecule has 0 aliphatic carbocycles. The van der Waals surface area contributed by atoms with Gasteiger partial charge in [-0.05, 0) is 36.1 Å². The smallest absolute Gasteiger partial charge is 0.254 e. The van der Waals surface area contributed by atoms with E-state index in [9.17, 15) is 4.79 Å². The number of rotatable bonds is 4. The molecular weight excluding hydrogens is 346 g/mol. The van der Waals surface area contributed by atoms with E-state index in [2.05, 4.69) is 38.1 Å². The van der Waals surface area contributed by atoms with Gasteiger partial charge in [0.25, 0.3) is 5.91 Å². The summed E-state index contributed by atoms with van der Waals surface area (Å²) in [6.07, 6.45) is 0. The molecule has 0 bridgehead atoms. The fourth-order valence-corrected chi connectivity index (χ4v) is 4.19. The van der Waals surface area contributed by atoms with Crippen molar-refractivity contribution >= 4 is 16.8 Å². The largest absolute Gasteiger partial charge is 0.338 e. The summed E-state index contributed by atoms with van der Waals surface area (Å²) in [7, 11) is 0. The van der Waals surface area contributed by atoms with E-state index in [0.29, 0.717) is 19.6 Å². The Morgan fingerprint density at radius 3 is 2.54 bits per heavy atom. The molecule has 0 saturated carbocycles. The number of carbonyl (C=O) groups is 1. The van der Waals surface area contributed by atoms with Gasteiger partial charge in [-0.1, -0.05) is 62.4 Å². The molecule has 2 heterocycles. The number of fused-ring (bicyclic) bond motifs is 1. The summed E-state index contributed by atoms with van der Waals surface area (Å²) in [5, 5.41) is 0.921. The Morgan fingerprint density at radius 2 is 1.82 bits per heavy atom. The fourth-order valence-electron chi connectivity index (χ4n) is 4.19. The lowest BCUT2D eigenvalue weighted by Gasteiger charge is -2.19. The number of likely N-dealkylation sites (tertiary alicyclic amines) is 1. The van der Waals surface area contributed by atoms with Gasteiger partial charge in [0.1, 0.15) is 0 Å². The van der Waals surface area contributed by atoms with Crippen LogP contribution in [-0.2, 0) is 0 Å². The van der Waals surface area contributed by atoms with Crippen molar-refractivity contribution in [2.45, 2.75) is 25.7 Å². The maximum absolute atomic E-state index is 13.5. The minimum Gasteiger partial charge on any atom is -0.338 e. The minimum atomic E-state index is 0.0809. The number of aromatic nitrogens is 1. The highest BCUT2D eigenvalue weighted by Crippen LogP contribution is 2.34. The molecule has 4 nitrogen and oxygen atoms in total. The molecule has 0 radical (unpaired) electrons. The highest BCUT2D eigenvalue weighted by Gasteiger charge is 2.36. The van der Waals surface area contributed by atoms with Crippen LogP contribution in [0.1, 0.15) is 47.3 Å². The monoisotopic (exact) mass is 373 g/mol. The SMILES string of the molecule is CC(C)c1cc(C(=O)N2C[C@@H](CN)[C@H](c3ccccc3)C2)c2ccccc2n1. The predicted octanol–water partition coefficient (Wildman–Crippen LogP) is 4.17. The van der Waals surface area contributed by atoms with Crippen LogP contribution in [-0.4, -0.2) is 35.4 Å². The first kappa shape index (κ1) is 18.6. The number of pyridine rings is 1. The van der Waals surface area contributed by atoms with Crippen LogP contribution in [0, 0.1) is 5.92 Å². The Morgan fingerprint density at radius 1 is 1.11 bits per heavy atom. The molecule has 28 heavy (non-hydrogen) atoms.